The number of carbonyl (C=O) groups is 3. The first-order valence-electron chi connectivity index (χ1n) is 7.67. The number of methoxy groups -OCH3 is 1. The fourth-order valence-electron chi connectivity index (χ4n) is 2.03. The summed E-state index contributed by atoms with van der Waals surface area (Å²) in [4.78, 5) is 34.9. The van der Waals surface area contributed by atoms with Gasteiger partial charge in [0.05, 0.1) is 12.7 Å². The molecule has 0 fully saturated rings. The summed E-state index contributed by atoms with van der Waals surface area (Å²) < 4.78 is 9.70. The maximum Gasteiger partial charge on any atom is 0.337 e. The van der Waals surface area contributed by atoms with Gasteiger partial charge < -0.3 is 14.8 Å². The summed E-state index contributed by atoms with van der Waals surface area (Å²) in [6.45, 7) is 1.77. The van der Waals surface area contributed by atoms with E-state index >= 15 is 0 Å². The molecule has 0 aromatic heterocycles. The van der Waals surface area contributed by atoms with Gasteiger partial charge in [0, 0.05) is 5.56 Å². The van der Waals surface area contributed by atoms with Crippen LogP contribution in [0.3, 0.4) is 0 Å². The van der Waals surface area contributed by atoms with Gasteiger partial charge in [-0.3, -0.25) is 9.59 Å². The number of rotatable bonds is 6. The number of carbonyl (C=O) groups excluding carboxylic acids is 3. The van der Waals surface area contributed by atoms with Crippen LogP contribution in [0.1, 0.15) is 31.8 Å². The molecule has 0 atom stereocenters. The van der Waals surface area contributed by atoms with E-state index in [1.54, 1.807) is 36.4 Å². The fourth-order valence-corrected chi connectivity index (χ4v) is 2.03. The zero-order valence-electron chi connectivity index (χ0n) is 14.1. The average molecular weight is 341 g/mol. The summed E-state index contributed by atoms with van der Waals surface area (Å²) in [5.41, 5.74) is 2.68. The molecule has 2 rings (SSSR count). The standard InChI is InChI=1S/C19H19NO5/c1-13-3-7-15(8-4-13)18(22)20-11-17(21)25-12-14-5-9-16(10-6-14)19(23)24-2/h3-10H,11-12H2,1-2H3,(H,20,22). The van der Waals surface area contributed by atoms with Gasteiger partial charge in [0.1, 0.15) is 13.2 Å². The second kappa shape index (κ2) is 8.63. The monoisotopic (exact) mass is 341 g/mol. The van der Waals surface area contributed by atoms with Crippen molar-refractivity contribution in [1.82, 2.24) is 5.32 Å². The summed E-state index contributed by atoms with van der Waals surface area (Å²) in [6, 6.07) is 13.6. The van der Waals surface area contributed by atoms with E-state index in [4.69, 9.17) is 4.74 Å². The Morgan fingerprint density at radius 3 is 2.12 bits per heavy atom. The molecule has 0 spiro atoms. The van der Waals surface area contributed by atoms with Crippen molar-refractivity contribution in [3.8, 4) is 0 Å². The van der Waals surface area contributed by atoms with E-state index in [9.17, 15) is 14.4 Å². The Hall–Kier alpha value is -3.15. The van der Waals surface area contributed by atoms with Gasteiger partial charge in [0.25, 0.3) is 5.91 Å². The lowest BCUT2D eigenvalue weighted by atomic mass is 10.1. The Morgan fingerprint density at radius 2 is 1.52 bits per heavy atom. The third-order valence-electron chi connectivity index (χ3n) is 3.48. The number of benzene rings is 2. The topological polar surface area (TPSA) is 81.7 Å². The van der Waals surface area contributed by atoms with Crippen molar-refractivity contribution < 1.29 is 23.9 Å². The van der Waals surface area contributed by atoms with Crippen LogP contribution in [0.4, 0.5) is 0 Å². The van der Waals surface area contributed by atoms with Crippen LogP contribution in [-0.2, 0) is 20.9 Å². The van der Waals surface area contributed by atoms with Crippen LogP contribution in [-0.4, -0.2) is 31.5 Å². The lowest BCUT2D eigenvalue weighted by Gasteiger charge is -2.07. The highest BCUT2D eigenvalue weighted by atomic mass is 16.5. The van der Waals surface area contributed by atoms with Gasteiger partial charge >= 0.3 is 11.9 Å². The summed E-state index contributed by atoms with van der Waals surface area (Å²) in [7, 11) is 1.31. The molecule has 0 aliphatic rings. The third-order valence-corrected chi connectivity index (χ3v) is 3.48. The number of nitrogens with one attached hydrogen (secondary N) is 1. The number of hydrogen-bond acceptors (Lipinski definition) is 5. The van der Waals surface area contributed by atoms with Crippen molar-refractivity contribution >= 4 is 17.8 Å². The van der Waals surface area contributed by atoms with Crippen LogP contribution in [0.2, 0.25) is 0 Å². The number of hydrogen-bond donors (Lipinski definition) is 1. The van der Waals surface area contributed by atoms with Gasteiger partial charge in [-0.25, -0.2) is 4.79 Å². The summed E-state index contributed by atoms with van der Waals surface area (Å²) in [5.74, 6) is -1.31. The molecule has 0 aliphatic carbocycles. The molecule has 0 heterocycles. The molecule has 0 saturated heterocycles. The molecule has 0 unspecified atom stereocenters. The summed E-state index contributed by atoms with van der Waals surface area (Å²) in [6.07, 6.45) is 0. The van der Waals surface area contributed by atoms with E-state index in [1.807, 2.05) is 19.1 Å². The molecule has 0 bridgehead atoms. The lowest BCUT2D eigenvalue weighted by Crippen LogP contribution is -2.30. The minimum atomic E-state index is -0.544. The predicted octanol–water partition coefficient (Wildman–Crippen LogP) is 2.25. The molecule has 130 valence electrons. The SMILES string of the molecule is COC(=O)c1ccc(COC(=O)CNC(=O)c2ccc(C)cc2)cc1. The van der Waals surface area contributed by atoms with Crippen LogP contribution in [0.25, 0.3) is 0 Å². The van der Waals surface area contributed by atoms with Gasteiger partial charge in [-0.2, -0.15) is 0 Å². The van der Waals surface area contributed by atoms with Crippen LogP contribution in [0.15, 0.2) is 48.5 Å². The average Bonchev–Trinajstić information content (AvgIpc) is 2.64. The van der Waals surface area contributed by atoms with E-state index in [-0.39, 0.29) is 19.1 Å². The Labute approximate surface area is 145 Å². The molecule has 25 heavy (non-hydrogen) atoms. The highest BCUT2D eigenvalue weighted by Gasteiger charge is 2.09. The third kappa shape index (κ3) is 5.46. The molecule has 0 radical (unpaired) electrons. The minimum absolute atomic E-state index is 0.0562. The molecule has 0 saturated carbocycles. The quantitative estimate of drug-likeness (QED) is 0.815. The van der Waals surface area contributed by atoms with Crippen molar-refractivity contribution in [3.63, 3.8) is 0 Å². The molecule has 6 nitrogen and oxygen atoms in total. The second-order valence-corrected chi connectivity index (χ2v) is 5.40. The zero-order chi connectivity index (χ0) is 18.2. The number of ether oxygens (including phenoxy) is 2. The highest BCUT2D eigenvalue weighted by molar-refractivity contribution is 5.95. The van der Waals surface area contributed by atoms with Gasteiger partial charge in [-0.05, 0) is 36.8 Å². The van der Waals surface area contributed by atoms with E-state index in [0.29, 0.717) is 11.1 Å². The van der Waals surface area contributed by atoms with Crippen molar-refractivity contribution in [1.29, 1.82) is 0 Å². The van der Waals surface area contributed by atoms with Crippen LogP contribution < -0.4 is 5.32 Å². The smallest absolute Gasteiger partial charge is 0.337 e. The van der Waals surface area contributed by atoms with Crippen molar-refractivity contribution in [2.24, 2.45) is 0 Å². The van der Waals surface area contributed by atoms with Gasteiger partial charge in [0.15, 0.2) is 0 Å². The van der Waals surface area contributed by atoms with Crippen molar-refractivity contribution in [3.05, 3.63) is 70.8 Å². The predicted molar refractivity (Wildman–Crippen MR) is 91.1 cm³/mol. The Balaban J connectivity index is 1.77. The Kier molecular flexibility index (Phi) is 6.28. The second-order valence-electron chi connectivity index (χ2n) is 5.40. The summed E-state index contributed by atoms with van der Waals surface area (Å²) in [5, 5.41) is 2.51. The van der Waals surface area contributed by atoms with E-state index in [0.717, 1.165) is 11.1 Å². The first-order chi connectivity index (χ1) is 12.0. The van der Waals surface area contributed by atoms with E-state index in [2.05, 4.69) is 10.1 Å². The summed E-state index contributed by atoms with van der Waals surface area (Å²) >= 11 is 0. The van der Waals surface area contributed by atoms with Gasteiger partial charge in [-0.1, -0.05) is 29.8 Å². The normalized spacial score (nSPS) is 10.0. The van der Waals surface area contributed by atoms with Crippen molar-refractivity contribution in [2.45, 2.75) is 13.5 Å². The highest BCUT2D eigenvalue weighted by Crippen LogP contribution is 2.07. The van der Waals surface area contributed by atoms with Crippen molar-refractivity contribution in [2.75, 3.05) is 13.7 Å². The van der Waals surface area contributed by atoms with E-state index in [1.165, 1.54) is 7.11 Å². The van der Waals surface area contributed by atoms with Crippen LogP contribution >= 0.6 is 0 Å². The maximum atomic E-state index is 11.9. The first kappa shape index (κ1) is 18.2. The Morgan fingerprint density at radius 1 is 0.920 bits per heavy atom. The van der Waals surface area contributed by atoms with Gasteiger partial charge in [0.2, 0.25) is 0 Å². The fraction of sp³-hybridized carbons (Fsp3) is 0.211. The molecule has 1 amide bonds. The molecule has 6 heteroatoms. The van der Waals surface area contributed by atoms with Gasteiger partial charge in [-0.15, -0.1) is 0 Å². The largest absolute Gasteiger partial charge is 0.465 e. The molecule has 2 aromatic rings. The molecule has 2 aromatic carbocycles. The Bertz CT molecular complexity index is 750. The molecular formula is C19H19NO5. The molecule has 0 aliphatic heterocycles. The minimum Gasteiger partial charge on any atom is -0.465 e. The molecular weight excluding hydrogens is 322 g/mol. The number of amides is 1. The van der Waals surface area contributed by atoms with E-state index < -0.39 is 11.9 Å². The van der Waals surface area contributed by atoms with Crippen LogP contribution in [0.5, 0.6) is 0 Å². The first-order valence-corrected chi connectivity index (χ1v) is 7.67. The number of esters is 2. The zero-order valence-corrected chi connectivity index (χ0v) is 14.1. The lowest BCUT2D eigenvalue weighted by molar-refractivity contribution is -0.143. The maximum absolute atomic E-state index is 11.9. The van der Waals surface area contributed by atoms with Crippen LogP contribution in [0, 0.1) is 6.92 Å². The number of aryl methyl sites for hydroxylation is 1. The molecule has 1 N–H and O–H groups in total.